The van der Waals surface area contributed by atoms with Crippen molar-refractivity contribution in [1.82, 2.24) is 9.78 Å². The van der Waals surface area contributed by atoms with E-state index in [0.717, 1.165) is 43.9 Å². The van der Waals surface area contributed by atoms with E-state index in [-0.39, 0.29) is 12.5 Å². The van der Waals surface area contributed by atoms with E-state index in [9.17, 15) is 5.11 Å². The maximum atomic E-state index is 9.33. The molecule has 0 saturated carbocycles. The summed E-state index contributed by atoms with van der Waals surface area (Å²) in [7, 11) is 0. The van der Waals surface area contributed by atoms with Crippen LogP contribution in [0.15, 0.2) is 6.20 Å². The van der Waals surface area contributed by atoms with Crippen LogP contribution in [0.1, 0.15) is 30.0 Å². The number of aliphatic hydroxyl groups is 1. The first-order valence-corrected chi connectivity index (χ1v) is 6.69. The third kappa shape index (κ3) is 2.30. The molecule has 0 aliphatic carbocycles. The molecule has 0 unspecified atom stereocenters. The molecule has 100 valence electrons. The first-order chi connectivity index (χ1) is 8.88. The van der Waals surface area contributed by atoms with Crippen LogP contribution in [0.4, 0.5) is 0 Å². The van der Waals surface area contributed by atoms with Crippen LogP contribution in [0.2, 0.25) is 0 Å². The standard InChI is InChI=1S/C13H20N2O3/c16-7-11-8-18-9-13-12(11)5-14-15(13)6-10-1-3-17-4-2-10/h5,10-11,16H,1-4,6-9H2/t11-/m1/s1. The molecule has 0 amide bonds. The lowest BCUT2D eigenvalue weighted by molar-refractivity contribution is 0.0535. The van der Waals surface area contributed by atoms with Crippen LogP contribution in [-0.4, -0.2) is 41.3 Å². The Morgan fingerprint density at radius 1 is 1.33 bits per heavy atom. The molecule has 0 aromatic carbocycles. The molecular weight excluding hydrogens is 232 g/mol. The predicted molar refractivity (Wildman–Crippen MR) is 65.3 cm³/mol. The highest BCUT2D eigenvalue weighted by Crippen LogP contribution is 2.27. The van der Waals surface area contributed by atoms with Gasteiger partial charge in [-0.15, -0.1) is 0 Å². The summed E-state index contributed by atoms with van der Waals surface area (Å²) in [5.41, 5.74) is 2.31. The molecule has 1 atom stereocenters. The summed E-state index contributed by atoms with van der Waals surface area (Å²) in [4.78, 5) is 0. The van der Waals surface area contributed by atoms with Gasteiger partial charge in [-0.3, -0.25) is 4.68 Å². The third-order valence-corrected chi connectivity index (χ3v) is 3.97. The van der Waals surface area contributed by atoms with Crippen molar-refractivity contribution in [3.8, 4) is 0 Å². The SMILES string of the molecule is OC[C@@H]1COCc2c1cnn2CC1CCOCC1. The molecular formula is C13H20N2O3. The molecule has 2 aliphatic heterocycles. The van der Waals surface area contributed by atoms with Gasteiger partial charge < -0.3 is 14.6 Å². The number of rotatable bonds is 3. The first kappa shape index (κ1) is 12.1. The third-order valence-electron chi connectivity index (χ3n) is 3.97. The van der Waals surface area contributed by atoms with Crippen molar-refractivity contribution < 1.29 is 14.6 Å². The summed E-state index contributed by atoms with van der Waals surface area (Å²) in [6.07, 6.45) is 4.12. The Hall–Kier alpha value is -0.910. The molecule has 0 radical (unpaired) electrons. The van der Waals surface area contributed by atoms with Crippen molar-refractivity contribution in [3.63, 3.8) is 0 Å². The molecule has 0 bridgehead atoms. The van der Waals surface area contributed by atoms with Crippen LogP contribution in [0.3, 0.4) is 0 Å². The molecule has 5 nitrogen and oxygen atoms in total. The zero-order chi connectivity index (χ0) is 12.4. The van der Waals surface area contributed by atoms with Crippen molar-refractivity contribution in [3.05, 3.63) is 17.5 Å². The molecule has 0 spiro atoms. The fraction of sp³-hybridized carbons (Fsp3) is 0.769. The van der Waals surface area contributed by atoms with Gasteiger partial charge in [0.25, 0.3) is 0 Å². The smallest absolute Gasteiger partial charge is 0.0888 e. The molecule has 18 heavy (non-hydrogen) atoms. The Labute approximate surface area is 107 Å². The molecule has 1 aromatic rings. The normalized spacial score (nSPS) is 25.1. The number of fused-ring (bicyclic) bond motifs is 1. The Morgan fingerprint density at radius 2 is 2.17 bits per heavy atom. The van der Waals surface area contributed by atoms with Gasteiger partial charge in [0.1, 0.15) is 0 Å². The van der Waals surface area contributed by atoms with Crippen LogP contribution < -0.4 is 0 Å². The Balaban J connectivity index is 1.74. The summed E-state index contributed by atoms with van der Waals surface area (Å²) >= 11 is 0. The minimum Gasteiger partial charge on any atom is -0.396 e. The van der Waals surface area contributed by atoms with Crippen LogP contribution in [-0.2, 0) is 22.6 Å². The zero-order valence-corrected chi connectivity index (χ0v) is 10.5. The molecule has 5 heteroatoms. The minimum atomic E-state index is 0.0946. The number of hydrogen-bond acceptors (Lipinski definition) is 4. The second-order valence-electron chi connectivity index (χ2n) is 5.18. The van der Waals surface area contributed by atoms with Crippen LogP contribution in [0, 0.1) is 5.92 Å². The summed E-state index contributed by atoms with van der Waals surface area (Å²) in [6.45, 7) is 4.03. The second-order valence-corrected chi connectivity index (χ2v) is 5.18. The van der Waals surface area contributed by atoms with Gasteiger partial charge in [-0.2, -0.15) is 5.10 Å². The highest BCUT2D eigenvalue weighted by molar-refractivity contribution is 5.24. The zero-order valence-electron chi connectivity index (χ0n) is 10.5. The van der Waals surface area contributed by atoms with Crippen molar-refractivity contribution >= 4 is 0 Å². The van der Waals surface area contributed by atoms with E-state index in [2.05, 4.69) is 9.78 Å². The molecule has 3 rings (SSSR count). The topological polar surface area (TPSA) is 56.5 Å². The number of aliphatic hydroxyl groups excluding tert-OH is 1. The molecule has 1 saturated heterocycles. The van der Waals surface area contributed by atoms with E-state index in [1.54, 1.807) is 0 Å². The van der Waals surface area contributed by atoms with E-state index < -0.39 is 0 Å². The van der Waals surface area contributed by atoms with E-state index in [1.165, 1.54) is 0 Å². The molecule has 3 heterocycles. The first-order valence-electron chi connectivity index (χ1n) is 6.69. The highest BCUT2D eigenvalue weighted by Gasteiger charge is 2.25. The highest BCUT2D eigenvalue weighted by atomic mass is 16.5. The Kier molecular flexibility index (Phi) is 3.63. The van der Waals surface area contributed by atoms with Gasteiger partial charge in [0.15, 0.2) is 0 Å². The maximum absolute atomic E-state index is 9.33. The summed E-state index contributed by atoms with van der Waals surface area (Å²) < 4.78 is 13.0. The van der Waals surface area contributed by atoms with E-state index >= 15 is 0 Å². The second kappa shape index (κ2) is 5.38. The van der Waals surface area contributed by atoms with Gasteiger partial charge >= 0.3 is 0 Å². The molecule has 2 aliphatic rings. The van der Waals surface area contributed by atoms with Gasteiger partial charge in [0.2, 0.25) is 0 Å². The number of nitrogens with zero attached hydrogens (tertiary/aromatic N) is 2. The fourth-order valence-electron chi connectivity index (χ4n) is 2.79. The Morgan fingerprint density at radius 3 is 2.94 bits per heavy atom. The lowest BCUT2D eigenvalue weighted by Gasteiger charge is -2.25. The van der Waals surface area contributed by atoms with Crippen LogP contribution in [0.5, 0.6) is 0 Å². The van der Waals surface area contributed by atoms with E-state index in [4.69, 9.17) is 9.47 Å². The van der Waals surface area contributed by atoms with E-state index in [1.807, 2.05) is 6.20 Å². The quantitative estimate of drug-likeness (QED) is 0.869. The summed E-state index contributed by atoms with van der Waals surface area (Å²) in [6, 6.07) is 0. The number of hydrogen-bond donors (Lipinski definition) is 1. The molecule has 1 fully saturated rings. The van der Waals surface area contributed by atoms with Gasteiger partial charge in [0, 0.05) is 31.2 Å². The van der Waals surface area contributed by atoms with Crippen molar-refractivity contribution in [2.45, 2.75) is 31.9 Å². The lowest BCUT2D eigenvalue weighted by atomic mass is 9.98. The lowest BCUT2D eigenvalue weighted by Crippen LogP contribution is -2.24. The van der Waals surface area contributed by atoms with Gasteiger partial charge in [-0.05, 0) is 18.8 Å². The van der Waals surface area contributed by atoms with Gasteiger partial charge in [-0.1, -0.05) is 0 Å². The monoisotopic (exact) mass is 252 g/mol. The fourth-order valence-corrected chi connectivity index (χ4v) is 2.79. The average molecular weight is 252 g/mol. The minimum absolute atomic E-state index is 0.0946. The van der Waals surface area contributed by atoms with Crippen molar-refractivity contribution in [2.75, 3.05) is 26.4 Å². The number of ether oxygens (including phenoxy) is 2. The number of aromatic nitrogens is 2. The van der Waals surface area contributed by atoms with Crippen molar-refractivity contribution in [1.29, 1.82) is 0 Å². The molecule has 1 aromatic heterocycles. The van der Waals surface area contributed by atoms with Gasteiger partial charge in [-0.25, -0.2) is 0 Å². The predicted octanol–water partition coefficient (Wildman–Crippen LogP) is 0.916. The van der Waals surface area contributed by atoms with Crippen LogP contribution >= 0.6 is 0 Å². The van der Waals surface area contributed by atoms with Gasteiger partial charge in [0.05, 0.1) is 31.7 Å². The van der Waals surface area contributed by atoms with Crippen LogP contribution in [0.25, 0.3) is 0 Å². The van der Waals surface area contributed by atoms with E-state index in [0.29, 0.717) is 19.1 Å². The largest absolute Gasteiger partial charge is 0.396 e. The summed E-state index contributed by atoms with van der Waals surface area (Å²) in [5.74, 6) is 0.745. The average Bonchev–Trinajstić information content (AvgIpc) is 2.83. The molecule has 1 N–H and O–H groups in total. The summed E-state index contributed by atoms with van der Waals surface area (Å²) in [5, 5.41) is 13.8. The van der Waals surface area contributed by atoms with Crippen molar-refractivity contribution in [2.24, 2.45) is 5.92 Å². The maximum Gasteiger partial charge on any atom is 0.0888 e. The Bertz CT molecular complexity index is 399.